The van der Waals surface area contributed by atoms with E-state index < -0.39 is 12.9 Å². The van der Waals surface area contributed by atoms with E-state index in [0.717, 1.165) is 5.56 Å². The number of ether oxygens (including phenoxy) is 1. The molecule has 4 nitrogen and oxygen atoms in total. The summed E-state index contributed by atoms with van der Waals surface area (Å²) in [4.78, 5) is 0. The van der Waals surface area contributed by atoms with Crippen LogP contribution in [0.5, 0.6) is 0 Å². The molecule has 0 saturated carbocycles. The Morgan fingerprint density at radius 1 is 1.26 bits per heavy atom. The topological polar surface area (TPSA) is 48.1 Å². The Balaban J connectivity index is 2.21. The first-order valence-electron chi connectivity index (χ1n) is 6.29. The fraction of sp³-hybridized carbons (Fsp3) is 0.538. The monoisotopic (exact) mass is 304 g/mol. The zero-order chi connectivity index (χ0) is 14.1. The molecule has 0 bridgehead atoms. The van der Waals surface area contributed by atoms with Crippen LogP contribution in [0.2, 0.25) is 5.02 Å². The zero-order valence-corrected chi connectivity index (χ0v) is 12.9. The minimum Gasteiger partial charge on any atom is -0.348 e. The second kappa shape index (κ2) is 5.55. The molecule has 2 rings (SSSR count). The number of hydrogen-bond donors (Lipinski definition) is 0. The Morgan fingerprint density at radius 2 is 1.79 bits per heavy atom. The summed E-state index contributed by atoms with van der Waals surface area (Å²) in [6.45, 7) is 5.98. The predicted molar refractivity (Wildman–Crippen MR) is 74.5 cm³/mol. The summed E-state index contributed by atoms with van der Waals surface area (Å²) < 4.78 is 29.1. The largest absolute Gasteiger partial charge is 0.364 e. The molecule has 1 aliphatic heterocycles. The second-order valence-corrected chi connectivity index (χ2v) is 7.27. The standard InChI is InChI=1S/C13H18ClO4P/c1-4-16-19(15,17-5-2)13(3)12(18-13)10-6-8-11(14)9-7-10/h6-9,12H,4-5H2,1-3H3. The lowest BCUT2D eigenvalue weighted by Gasteiger charge is -2.21. The van der Waals surface area contributed by atoms with Gasteiger partial charge >= 0.3 is 7.60 Å². The van der Waals surface area contributed by atoms with Crippen LogP contribution in [0.25, 0.3) is 0 Å². The van der Waals surface area contributed by atoms with Crippen LogP contribution in [-0.2, 0) is 18.3 Å². The summed E-state index contributed by atoms with van der Waals surface area (Å²) in [5.74, 6) is 0. The maximum Gasteiger partial charge on any atom is 0.364 e. The van der Waals surface area contributed by atoms with E-state index in [2.05, 4.69) is 0 Å². The molecule has 19 heavy (non-hydrogen) atoms. The Bertz CT molecular complexity index is 480. The highest BCUT2D eigenvalue weighted by atomic mass is 35.5. The molecule has 0 aromatic heterocycles. The zero-order valence-electron chi connectivity index (χ0n) is 11.3. The van der Waals surface area contributed by atoms with E-state index in [1.807, 2.05) is 12.1 Å². The number of epoxide rings is 1. The van der Waals surface area contributed by atoms with Crippen LogP contribution in [0.3, 0.4) is 0 Å². The van der Waals surface area contributed by atoms with Crippen molar-refractivity contribution < 1.29 is 18.3 Å². The van der Waals surface area contributed by atoms with Gasteiger partial charge in [0.2, 0.25) is 0 Å². The highest BCUT2D eigenvalue weighted by Crippen LogP contribution is 2.74. The third-order valence-corrected chi connectivity index (χ3v) is 5.98. The Morgan fingerprint density at radius 3 is 2.26 bits per heavy atom. The van der Waals surface area contributed by atoms with Crippen LogP contribution >= 0.6 is 19.2 Å². The van der Waals surface area contributed by atoms with Gasteiger partial charge < -0.3 is 13.8 Å². The molecular weight excluding hydrogens is 287 g/mol. The summed E-state index contributed by atoms with van der Waals surface area (Å²) in [7, 11) is -3.28. The molecule has 6 heteroatoms. The Hall–Kier alpha value is -0.380. The lowest BCUT2D eigenvalue weighted by Crippen LogP contribution is -2.13. The van der Waals surface area contributed by atoms with Gasteiger partial charge in [-0.3, -0.25) is 4.57 Å². The fourth-order valence-electron chi connectivity index (χ4n) is 2.06. The number of benzene rings is 1. The number of rotatable bonds is 6. The van der Waals surface area contributed by atoms with Crippen LogP contribution in [0.1, 0.15) is 32.4 Å². The van der Waals surface area contributed by atoms with Gasteiger partial charge in [-0.2, -0.15) is 0 Å². The summed E-state index contributed by atoms with van der Waals surface area (Å²) in [5.41, 5.74) is 0.923. The first-order chi connectivity index (χ1) is 8.97. The van der Waals surface area contributed by atoms with Crippen LogP contribution in [0, 0.1) is 0 Å². The van der Waals surface area contributed by atoms with E-state index in [1.165, 1.54) is 0 Å². The molecule has 1 aromatic carbocycles. The smallest absolute Gasteiger partial charge is 0.348 e. The predicted octanol–water partition coefficient (Wildman–Crippen LogP) is 4.39. The fourth-order valence-corrected chi connectivity index (χ4v) is 4.12. The summed E-state index contributed by atoms with van der Waals surface area (Å²) in [6, 6.07) is 7.29. The normalized spacial score (nSPS) is 26.4. The van der Waals surface area contributed by atoms with Gasteiger partial charge in [0.15, 0.2) is 5.34 Å². The highest BCUT2D eigenvalue weighted by Gasteiger charge is 2.67. The summed E-state index contributed by atoms with van der Waals surface area (Å²) in [6.07, 6.45) is -0.284. The molecule has 1 aliphatic rings. The molecule has 2 unspecified atom stereocenters. The SMILES string of the molecule is CCOP(=O)(OCC)C1(C)OC1c1ccc(Cl)cc1. The van der Waals surface area contributed by atoms with Crippen LogP contribution in [0.15, 0.2) is 24.3 Å². The minimum absolute atomic E-state index is 0.284. The van der Waals surface area contributed by atoms with E-state index >= 15 is 0 Å². The van der Waals surface area contributed by atoms with E-state index in [0.29, 0.717) is 18.2 Å². The van der Waals surface area contributed by atoms with Crippen molar-refractivity contribution in [1.82, 2.24) is 0 Å². The van der Waals surface area contributed by atoms with Crippen LogP contribution in [-0.4, -0.2) is 18.6 Å². The Kier molecular flexibility index (Phi) is 4.38. The molecule has 0 radical (unpaired) electrons. The van der Waals surface area contributed by atoms with Crippen LogP contribution < -0.4 is 0 Å². The van der Waals surface area contributed by atoms with E-state index in [-0.39, 0.29) is 6.10 Å². The molecule has 0 aliphatic carbocycles. The van der Waals surface area contributed by atoms with E-state index in [4.69, 9.17) is 25.4 Å². The van der Waals surface area contributed by atoms with Gasteiger partial charge in [-0.25, -0.2) is 0 Å². The van der Waals surface area contributed by atoms with Gasteiger partial charge in [-0.15, -0.1) is 0 Å². The molecule has 1 heterocycles. The van der Waals surface area contributed by atoms with Gasteiger partial charge in [0.25, 0.3) is 0 Å². The number of halogens is 1. The molecule has 0 N–H and O–H groups in total. The number of hydrogen-bond acceptors (Lipinski definition) is 4. The van der Waals surface area contributed by atoms with Crippen molar-refractivity contribution >= 4 is 19.2 Å². The maximum atomic E-state index is 12.8. The van der Waals surface area contributed by atoms with Gasteiger partial charge in [0.1, 0.15) is 6.10 Å². The maximum absolute atomic E-state index is 12.8. The molecule has 106 valence electrons. The summed E-state index contributed by atoms with van der Waals surface area (Å²) >= 11 is 5.85. The van der Waals surface area contributed by atoms with Gasteiger partial charge in [0.05, 0.1) is 13.2 Å². The Labute approximate surface area is 118 Å². The van der Waals surface area contributed by atoms with Crippen molar-refractivity contribution in [2.75, 3.05) is 13.2 Å². The van der Waals surface area contributed by atoms with Crippen molar-refractivity contribution in [3.05, 3.63) is 34.9 Å². The van der Waals surface area contributed by atoms with Gasteiger partial charge in [-0.1, -0.05) is 23.7 Å². The van der Waals surface area contributed by atoms with Crippen molar-refractivity contribution in [3.8, 4) is 0 Å². The van der Waals surface area contributed by atoms with Gasteiger partial charge in [0, 0.05) is 5.02 Å². The van der Waals surface area contributed by atoms with Crippen molar-refractivity contribution in [3.63, 3.8) is 0 Å². The first kappa shape index (κ1) is 15.0. The molecule has 1 aromatic rings. The first-order valence-corrected chi connectivity index (χ1v) is 8.21. The summed E-state index contributed by atoms with van der Waals surface area (Å²) in [5, 5.41) is -0.253. The van der Waals surface area contributed by atoms with Crippen LogP contribution in [0.4, 0.5) is 0 Å². The molecule has 0 amide bonds. The lowest BCUT2D eigenvalue weighted by molar-refractivity contribution is 0.191. The van der Waals surface area contributed by atoms with Crippen molar-refractivity contribution in [2.45, 2.75) is 32.2 Å². The molecule has 1 fully saturated rings. The average molecular weight is 305 g/mol. The van der Waals surface area contributed by atoms with E-state index in [1.54, 1.807) is 32.9 Å². The minimum atomic E-state index is -3.28. The van der Waals surface area contributed by atoms with Crippen molar-refractivity contribution in [2.24, 2.45) is 0 Å². The highest BCUT2D eigenvalue weighted by molar-refractivity contribution is 7.55. The quantitative estimate of drug-likeness (QED) is 0.577. The van der Waals surface area contributed by atoms with Crippen molar-refractivity contribution in [1.29, 1.82) is 0 Å². The van der Waals surface area contributed by atoms with E-state index in [9.17, 15) is 4.57 Å². The van der Waals surface area contributed by atoms with Gasteiger partial charge in [-0.05, 0) is 38.5 Å². The molecular formula is C13H18ClO4P. The second-order valence-electron chi connectivity index (χ2n) is 4.44. The molecule has 2 atom stereocenters. The third-order valence-electron chi connectivity index (χ3n) is 3.10. The average Bonchev–Trinajstić information content (AvgIpc) is 3.05. The molecule has 0 spiro atoms. The lowest BCUT2D eigenvalue weighted by atomic mass is 10.1. The third kappa shape index (κ3) is 2.74. The molecule has 1 saturated heterocycles.